The molecule has 114 valence electrons. The van der Waals surface area contributed by atoms with Gasteiger partial charge in [-0.2, -0.15) is 0 Å². The molecule has 3 N–H and O–H groups in total. The Kier molecular flexibility index (Phi) is 5.26. The molecule has 5 nitrogen and oxygen atoms in total. The van der Waals surface area contributed by atoms with Crippen molar-refractivity contribution in [3.63, 3.8) is 0 Å². The van der Waals surface area contributed by atoms with Crippen molar-refractivity contribution in [1.29, 1.82) is 0 Å². The zero-order valence-electron chi connectivity index (χ0n) is 12.2. The summed E-state index contributed by atoms with van der Waals surface area (Å²) in [6, 6.07) is 0.0526. The molecule has 0 aliphatic heterocycles. The van der Waals surface area contributed by atoms with Crippen molar-refractivity contribution in [2.75, 3.05) is 6.54 Å². The lowest BCUT2D eigenvalue weighted by molar-refractivity contribution is -0.142. The number of rotatable bonds is 5. The van der Waals surface area contributed by atoms with Crippen LogP contribution in [0.4, 0.5) is 4.79 Å². The summed E-state index contributed by atoms with van der Waals surface area (Å²) in [5.74, 6) is -0.337. The minimum absolute atomic E-state index is 0.0834. The molecule has 0 radical (unpaired) electrons. The molecule has 2 aliphatic carbocycles. The van der Waals surface area contributed by atoms with E-state index >= 15 is 0 Å². The van der Waals surface area contributed by atoms with Crippen molar-refractivity contribution < 1.29 is 14.7 Å². The van der Waals surface area contributed by atoms with Gasteiger partial charge in [0.25, 0.3) is 0 Å². The van der Waals surface area contributed by atoms with Gasteiger partial charge in [0.2, 0.25) is 0 Å². The van der Waals surface area contributed by atoms with Crippen LogP contribution in [0.1, 0.15) is 51.9 Å². The van der Waals surface area contributed by atoms with Crippen LogP contribution in [0, 0.1) is 17.8 Å². The number of amides is 2. The van der Waals surface area contributed by atoms with Gasteiger partial charge in [0.15, 0.2) is 0 Å². The zero-order valence-corrected chi connectivity index (χ0v) is 12.2. The van der Waals surface area contributed by atoms with Crippen molar-refractivity contribution in [1.82, 2.24) is 10.6 Å². The molecule has 2 saturated carbocycles. The first kappa shape index (κ1) is 15.1. The smallest absolute Gasteiger partial charge is 0.315 e. The molecule has 0 aromatic carbocycles. The van der Waals surface area contributed by atoms with Crippen LogP contribution in [0.15, 0.2) is 0 Å². The summed E-state index contributed by atoms with van der Waals surface area (Å²) in [5.41, 5.74) is 0. The number of carbonyl (C=O) groups excluding carboxylic acids is 1. The van der Waals surface area contributed by atoms with Crippen LogP contribution in [-0.4, -0.2) is 29.7 Å². The highest BCUT2D eigenvalue weighted by atomic mass is 16.4. The van der Waals surface area contributed by atoms with Crippen molar-refractivity contribution >= 4 is 12.0 Å². The van der Waals surface area contributed by atoms with E-state index in [9.17, 15) is 9.59 Å². The van der Waals surface area contributed by atoms with Crippen molar-refractivity contribution in [2.24, 2.45) is 17.8 Å². The van der Waals surface area contributed by atoms with E-state index in [4.69, 9.17) is 5.11 Å². The van der Waals surface area contributed by atoms with Gasteiger partial charge < -0.3 is 15.7 Å². The lowest BCUT2D eigenvalue weighted by atomic mass is 9.96. The van der Waals surface area contributed by atoms with Gasteiger partial charge >= 0.3 is 12.0 Å². The predicted octanol–water partition coefficient (Wildman–Crippen LogP) is 2.37. The van der Waals surface area contributed by atoms with Gasteiger partial charge in [0.05, 0.1) is 5.92 Å². The number of aliphatic carboxylic acids is 1. The van der Waals surface area contributed by atoms with Gasteiger partial charge in [0.1, 0.15) is 0 Å². The quantitative estimate of drug-likeness (QED) is 0.724. The second-order valence-corrected chi connectivity index (χ2v) is 6.32. The van der Waals surface area contributed by atoms with Crippen molar-refractivity contribution in [3.05, 3.63) is 0 Å². The molecule has 2 fully saturated rings. The van der Waals surface area contributed by atoms with E-state index < -0.39 is 5.97 Å². The molecule has 0 aromatic heterocycles. The maximum atomic E-state index is 11.9. The average Bonchev–Trinajstić information content (AvgIpc) is 3.07. The fourth-order valence-electron chi connectivity index (χ4n) is 3.66. The van der Waals surface area contributed by atoms with Gasteiger partial charge in [-0.25, -0.2) is 4.79 Å². The van der Waals surface area contributed by atoms with E-state index in [-0.39, 0.29) is 23.9 Å². The van der Waals surface area contributed by atoms with Crippen molar-refractivity contribution in [3.8, 4) is 0 Å². The van der Waals surface area contributed by atoms with Crippen LogP contribution in [0.25, 0.3) is 0 Å². The predicted molar refractivity (Wildman–Crippen MR) is 76.4 cm³/mol. The number of carbonyl (C=O) groups is 2. The molecule has 3 unspecified atom stereocenters. The van der Waals surface area contributed by atoms with Crippen LogP contribution in [0.2, 0.25) is 0 Å². The third kappa shape index (κ3) is 3.87. The number of urea groups is 1. The van der Waals surface area contributed by atoms with Gasteiger partial charge in [-0.15, -0.1) is 0 Å². The third-order valence-corrected chi connectivity index (χ3v) is 4.97. The molecular formula is C15H26N2O3. The van der Waals surface area contributed by atoms with Gasteiger partial charge in [-0.05, 0) is 44.4 Å². The van der Waals surface area contributed by atoms with E-state index in [1.807, 2.05) is 0 Å². The molecule has 2 aliphatic rings. The third-order valence-electron chi connectivity index (χ3n) is 4.97. The monoisotopic (exact) mass is 282 g/mol. The first-order valence-electron chi connectivity index (χ1n) is 7.85. The Morgan fingerprint density at radius 3 is 2.50 bits per heavy atom. The summed E-state index contributed by atoms with van der Waals surface area (Å²) in [4.78, 5) is 23.0. The maximum absolute atomic E-state index is 11.9. The van der Waals surface area contributed by atoms with E-state index in [2.05, 4.69) is 17.6 Å². The van der Waals surface area contributed by atoms with Crippen LogP contribution in [0.3, 0.4) is 0 Å². The average molecular weight is 282 g/mol. The second kappa shape index (κ2) is 6.95. The Labute approximate surface area is 120 Å². The molecule has 0 heterocycles. The highest BCUT2D eigenvalue weighted by Gasteiger charge is 2.33. The summed E-state index contributed by atoms with van der Waals surface area (Å²) in [7, 11) is 0. The molecule has 0 aromatic rings. The summed E-state index contributed by atoms with van der Waals surface area (Å²) < 4.78 is 0. The molecule has 5 heteroatoms. The molecule has 0 saturated heterocycles. The van der Waals surface area contributed by atoms with E-state index in [0.29, 0.717) is 12.5 Å². The van der Waals surface area contributed by atoms with Crippen molar-refractivity contribution in [2.45, 2.75) is 57.9 Å². The highest BCUT2D eigenvalue weighted by molar-refractivity contribution is 5.74. The SMILES string of the molecule is CC(NC(=O)NCC1CCCC1C(=O)O)C1CCCC1. The lowest BCUT2D eigenvalue weighted by Crippen LogP contribution is -2.45. The Balaban J connectivity index is 1.70. The lowest BCUT2D eigenvalue weighted by Gasteiger charge is -2.22. The van der Waals surface area contributed by atoms with Crippen LogP contribution >= 0.6 is 0 Å². The van der Waals surface area contributed by atoms with Crippen LogP contribution in [0.5, 0.6) is 0 Å². The number of carboxylic acid groups (broad SMARTS) is 1. The maximum Gasteiger partial charge on any atom is 0.315 e. The fraction of sp³-hybridized carbons (Fsp3) is 0.867. The van der Waals surface area contributed by atoms with Gasteiger partial charge in [-0.1, -0.05) is 19.3 Å². The van der Waals surface area contributed by atoms with Gasteiger partial charge in [0, 0.05) is 12.6 Å². The molecule has 2 rings (SSSR count). The van der Waals surface area contributed by atoms with E-state index in [1.54, 1.807) is 0 Å². The Morgan fingerprint density at radius 2 is 1.85 bits per heavy atom. The summed E-state index contributed by atoms with van der Waals surface area (Å²) in [6.45, 7) is 2.53. The highest BCUT2D eigenvalue weighted by Crippen LogP contribution is 2.31. The minimum atomic E-state index is -0.728. The molecule has 3 atom stereocenters. The number of hydrogen-bond acceptors (Lipinski definition) is 2. The van der Waals surface area contributed by atoms with Crippen LogP contribution in [-0.2, 0) is 4.79 Å². The molecule has 2 amide bonds. The fourth-order valence-corrected chi connectivity index (χ4v) is 3.66. The Morgan fingerprint density at radius 1 is 1.15 bits per heavy atom. The largest absolute Gasteiger partial charge is 0.481 e. The summed E-state index contributed by atoms with van der Waals surface area (Å²) >= 11 is 0. The summed E-state index contributed by atoms with van der Waals surface area (Å²) in [6.07, 6.45) is 7.51. The first-order valence-corrected chi connectivity index (χ1v) is 7.85. The standard InChI is InChI=1S/C15H26N2O3/c1-10(11-5-2-3-6-11)17-15(20)16-9-12-7-4-8-13(12)14(18)19/h10-13H,2-9H2,1H3,(H,18,19)(H2,16,17,20). The van der Waals surface area contributed by atoms with E-state index in [1.165, 1.54) is 25.7 Å². The first-order chi connectivity index (χ1) is 9.58. The number of hydrogen-bond donors (Lipinski definition) is 3. The molecule has 0 bridgehead atoms. The van der Waals surface area contributed by atoms with Gasteiger partial charge in [-0.3, -0.25) is 4.79 Å². The minimum Gasteiger partial charge on any atom is -0.481 e. The normalized spacial score (nSPS) is 28.2. The van der Waals surface area contributed by atoms with Crippen LogP contribution < -0.4 is 10.6 Å². The summed E-state index contributed by atoms with van der Waals surface area (Å²) in [5, 5.41) is 15.0. The molecule has 20 heavy (non-hydrogen) atoms. The number of carboxylic acids is 1. The number of nitrogens with one attached hydrogen (secondary N) is 2. The Bertz CT molecular complexity index is 353. The molecule has 0 spiro atoms. The second-order valence-electron chi connectivity index (χ2n) is 6.32. The Hall–Kier alpha value is -1.26. The molecular weight excluding hydrogens is 256 g/mol. The topological polar surface area (TPSA) is 78.4 Å². The van der Waals surface area contributed by atoms with E-state index in [0.717, 1.165) is 19.3 Å². The zero-order chi connectivity index (χ0) is 14.5.